The van der Waals surface area contributed by atoms with Gasteiger partial charge in [0.1, 0.15) is 0 Å². The maximum absolute atomic E-state index is 11.8. The van der Waals surface area contributed by atoms with Crippen molar-refractivity contribution in [1.29, 1.82) is 0 Å². The van der Waals surface area contributed by atoms with E-state index in [0.717, 1.165) is 25.1 Å². The van der Waals surface area contributed by atoms with Gasteiger partial charge in [-0.2, -0.15) is 11.8 Å². The zero-order valence-corrected chi connectivity index (χ0v) is 11.5. The number of carbonyl (C=O) groups excluding carboxylic acids is 1. The van der Waals surface area contributed by atoms with E-state index in [1.54, 1.807) is 0 Å². The molecule has 16 heavy (non-hydrogen) atoms. The lowest BCUT2D eigenvalue weighted by molar-refractivity contribution is -0.123. The Morgan fingerprint density at radius 2 is 2.31 bits per heavy atom. The van der Waals surface area contributed by atoms with Crippen LogP contribution in [0.5, 0.6) is 0 Å². The van der Waals surface area contributed by atoms with Crippen molar-refractivity contribution in [3.63, 3.8) is 0 Å². The van der Waals surface area contributed by atoms with Crippen LogP contribution in [0.2, 0.25) is 0 Å². The fourth-order valence-electron chi connectivity index (χ4n) is 2.09. The maximum Gasteiger partial charge on any atom is 0.222 e. The van der Waals surface area contributed by atoms with Gasteiger partial charge >= 0.3 is 0 Å². The van der Waals surface area contributed by atoms with E-state index in [0.29, 0.717) is 12.5 Å². The topological polar surface area (TPSA) is 41.1 Å². The molecule has 1 unspecified atom stereocenters. The molecule has 0 aliphatic carbocycles. The summed E-state index contributed by atoms with van der Waals surface area (Å²) in [5.74, 6) is 2.40. The van der Waals surface area contributed by atoms with Crippen molar-refractivity contribution in [2.45, 2.75) is 51.6 Å². The number of amides is 1. The number of rotatable bonds is 5. The second-order valence-electron chi connectivity index (χ2n) is 5.11. The van der Waals surface area contributed by atoms with Crippen LogP contribution in [0.15, 0.2) is 0 Å². The fourth-order valence-corrected chi connectivity index (χ4v) is 3.04. The Bertz CT molecular complexity index is 225. The van der Waals surface area contributed by atoms with Crippen LogP contribution in [0.25, 0.3) is 0 Å². The van der Waals surface area contributed by atoms with Gasteiger partial charge in [0.25, 0.3) is 0 Å². The minimum atomic E-state index is -0.0619. The van der Waals surface area contributed by atoms with Gasteiger partial charge < -0.3 is 10.6 Å². The molecule has 1 aliphatic rings. The predicted octanol–water partition coefficient (Wildman–Crippen LogP) is 1.78. The molecule has 0 bridgehead atoms. The summed E-state index contributed by atoms with van der Waals surface area (Å²) in [6.45, 7) is 7.36. The molecular weight excluding hydrogens is 220 g/mol. The van der Waals surface area contributed by atoms with Crippen molar-refractivity contribution in [3.05, 3.63) is 0 Å². The Morgan fingerprint density at radius 3 is 2.88 bits per heavy atom. The summed E-state index contributed by atoms with van der Waals surface area (Å²) in [5, 5.41) is 6.50. The Morgan fingerprint density at radius 1 is 1.56 bits per heavy atom. The van der Waals surface area contributed by atoms with Crippen molar-refractivity contribution in [1.82, 2.24) is 10.6 Å². The van der Waals surface area contributed by atoms with E-state index in [9.17, 15) is 4.79 Å². The van der Waals surface area contributed by atoms with Gasteiger partial charge in [-0.3, -0.25) is 4.79 Å². The van der Waals surface area contributed by atoms with E-state index < -0.39 is 0 Å². The summed E-state index contributed by atoms with van der Waals surface area (Å²) in [5.41, 5.74) is -0.0619. The Hall–Kier alpha value is -0.220. The highest BCUT2D eigenvalue weighted by atomic mass is 32.2. The van der Waals surface area contributed by atoms with Crippen LogP contribution in [0.3, 0.4) is 0 Å². The third-order valence-corrected chi connectivity index (χ3v) is 3.91. The summed E-state index contributed by atoms with van der Waals surface area (Å²) in [6.07, 6.45) is 2.75. The number of hydrogen-bond acceptors (Lipinski definition) is 3. The minimum Gasteiger partial charge on any atom is -0.351 e. The summed E-state index contributed by atoms with van der Waals surface area (Å²) < 4.78 is 0. The molecule has 1 fully saturated rings. The molecule has 0 radical (unpaired) electrons. The van der Waals surface area contributed by atoms with Gasteiger partial charge in [-0.05, 0) is 20.3 Å². The lowest BCUT2D eigenvalue weighted by atomic mass is 9.98. The zero-order chi connectivity index (χ0) is 12.0. The summed E-state index contributed by atoms with van der Waals surface area (Å²) >= 11 is 1.93. The molecular formula is C12H24N2OS. The first-order chi connectivity index (χ1) is 7.53. The van der Waals surface area contributed by atoms with Gasteiger partial charge in [0.15, 0.2) is 0 Å². The van der Waals surface area contributed by atoms with Gasteiger partial charge in [0.05, 0.1) is 0 Å². The SMILES string of the molecule is CCCC(C)(C)NC(=O)CC1CSCCN1. The van der Waals surface area contributed by atoms with Crippen molar-refractivity contribution >= 4 is 17.7 Å². The Labute approximate surface area is 103 Å². The first-order valence-electron chi connectivity index (χ1n) is 6.15. The quantitative estimate of drug-likeness (QED) is 0.774. The highest BCUT2D eigenvalue weighted by molar-refractivity contribution is 7.99. The molecule has 1 aliphatic heterocycles. The lowest BCUT2D eigenvalue weighted by Crippen LogP contribution is -2.47. The number of carbonyl (C=O) groups is 1. The molecule has 3 nitrogen and oxygen atoms in total. The van der Waals surface area contributed by atoms with Crippen LogP contribution < -0.4 is 10.6 Å². The molecule has 2 N–H and O–H groups in total. The zero-order valence-electron chi connectivity index (χ0n) is 10.6. The molecule has 0 spiro atoms. The molecule has 0 aromatic heterocycles. The van der Waals surface area contributed by atoms with Gasteiger partial charge in [-0.15, -0.1) is 0 Å². The van der Waals surface area contributed by atoms with Crippen molar-refractivity contribution in [2.75, 3.05) is 18.1 Å². The molecule has 1 atom stereocenters. The van der Waals surface area contributed by atoms with Crippen molar-refractivity contribution in [3.8, 4) is 0 Å². The van der Waals surface area contributed by atoms with E-state index in [1.165, 1.54) is 5.75 Å². The molecule has 4 heteroatoms. The number of thioether (sulfide) groups is 1. The number of nitrogens with one attached hydrogen (secondary N) is 2. The Kier molecular flexibility index (Phi) is 5.62. The average molecular weight is 244 g/mol. The smallest absolute Gasteiger partial charge is 0.222 e. The minimum absolute atomic E-state index is 0.0619. The predicted molar refractivity (Wildman–Crippen MR) is 70.9 cm³/mol. The van der Waals surface area contributed by atoms with Crippen LogP contribution in [-0.4, -0.2) is 35.5 Å². The van der Waals surface area contributed by atoms with Gasteiger partial charge in [-0.1, -0.05) is 13.3 Å². The second-order valence-corrected chi connectivity index (χ2v) is 6.26. The van der Waals surface area contributed by atoms with Crippen LogP contribution >= 0.6 is 11.8 Å². The van der Waals surface area contributed by atoms with Gasteiger partial charge in [-0.25, -0.2) is 0 Å². The van der Waals surface area contributed by atoms with E-state index >= 15 is 0 Å². The van der Waals surface area contributed by atoms with E-state index in [1.807, 2.05) is 11.8 Å². The first kappa shape index (κ1) is 13.8. The average Bonchev–Trinajstić information content (AvgIpc) is 2.17. The van der Waals surface area contributed by atoms with Gasteiger partial charge in [0, 0.05) is 36.1 Å². The van der Waals surface area contributed by atoms with E-state index in [-0.39, 0.29) is 11.4 Å². The van der Waals surface area contributed by atoms with E-state index in [2.05, 4.69) is 31.4 Å². The molecule has 0 saturated carbocycles. The van der Waals surface area contributed by atoms with Crippen LogP contribution in [-0.2, 0) is 4.79 Å². The van der Waals surface area contributed by atoms with Crippen LogP contribution in [0.4, 0.5) is 0 Å². The lowest BCUT2D eigenvalue weighted by Gasteiger charge is -2.28. The van der Waals surface area contributed by atoms with Crippen molar-refractivity contribution in [2.24, 2.45) is 0 Å². The molecule has 0 aromatic rings. The van der Waals surface area contributed by atoms with E-state index in [4.69, 9.17) is 0 Å². The second kappa shape index (κ2) is 6.50. The summed E-state index contributed by atoms with van der Waals surface area (Å²) in [4.78, 5) is 11.8. The third-order valence-electron chi connectivity index (χ3n) is 2.78. The molecule has 1 saturated heterocycles. The van der Waals surface area contributed by atoms with Crippen LogP contribution in [0, 0.1) is 0 Å². The largest absolute Gasteiger partial charge is 0.351 e. The molecule has 1 amide bonds. The summed E-state index contributed by atoms with van der Waals surface area (Å²) in [6, 6.07) is 0.358. The summed E-state index contributed by atoms with van der Waals surface area (Å²) in [7, 11) is 0. The first-order valence-corrected chi connectivity index (χ1v) is 7.31. The highest BCUT2D eigenvalue weighted by Gasteiger charge is 2.22. The van der Waals surface area contributed by atoms with Crippen LogP contribution in [0.1, 0.15) is 40.0 Å². The van der Waals surface area contributed by atoms with Gasteiger partial charge in [0.2, 0.25) is 5.91 Å². The monoisotopic (exact) mass is 244 g/mol. The molecule has 1 heterocycles. The third kappa shape index (κ3) is 5.21. The molecule has 94 valence electrons. The normalized spacial score (nSPS) is 21.8. The Balaban J connectivity index is 2.28. The fraction of sp³-hybridized carbons (Fsp3) is 0.917. The van der Waals surface area contributed by atoms with Crippen molar-refractivity contribution < 1.29 is 4.79 Å². The molecule has 0 aromatic carbocycles. The standard InChI is InChI=1S/C12H24N2OS/c1-4-5-12(2,3)14-11(15)8-10-9-16-7-6-13-10/h10,13H,4-9H2,1-3H3,(H,14,15). The molecule has 1 rings (SSSR count). The highest BCUT2D eigenvalue weighted by Crippen LogP contribution is 2.13. The maximum atomic E-state index is 11.8. The number of hydrogen-bond donors (Lipinski definition) is 2.